The molecule has 1 saturated carbocycles. The van der Waals surface area contributed by atoms with E-state index in [1.165, 1.54) is 0 Å². The van der Waals surface area contributed by atoms with Crippen LogP contribution < -0.4 is 9.47 Å². The maximum atomic E-state index is 12.9. The highest BCUT2D eigenvalue weighted by atomic mass is 16.5. The number of ether oxygens (including phenoxy) is 2. The van der Waals surface area contributed by atoms with E-state index in [0.29, 0.717) is 13.1 Å². The second-order valence-electron chi connectivity index (χ2n) is 8.17. The Morgan fingerprint density at radius 2 is 1.89 bits per heavy atom. The van der Waals surface area contributed by atoms with Crippen molar-refractivity contribution in [3.8, 4) is 11.5 Å². The van der Waals surface area contributed by atoms with Crippen LogP contribution >= 0.6 is 0 Å². The highest BCUT2D eigenvalue weighted by Gasteiger charge is 2.34. The van der Waals surface area contributed by atoms with Crippen LogP contribution in [0.1, 0.15) is 43.4 Å². The second kappa shape index (κ2) is 7.34. The Hall–Kier alpha value is -2.75. The van der Waals surface area contributed by atoms with Gasteiger partial charge in [0, 0.05) is 30.1 Å². The zero-order valence-electron chi connectivity index (χ0n) is 16.8. The minimum Gasteiger partial charge on any atom is -0.492 e. The summed E-state index contributed by atoms with van der Waals surface area (Å²) in [6.07, 6.45) is 6.11. The van der Waals surface area contributed by atoms with Crippen LogP contribution in [0.2, 0.25) is 0 Å². The van der Waals surface area contributed by atoms with Gasteiger partial charge in [-0.25, -0.2) is 0 Å². The lowest BCUT2D eigenvalue weighted by atomic mass is 10.00. The zero-order chi connectivity index (χ0) is 19.7. The van der Waals surface area contributed by atoms with Gasteiger partial charge in [0.2, 0.25) is 5.91 Å². The first-order chi connectivity index (χ1) is 13.5. The number of hydrogen-bond acceptors (Lipinski definition) is 3. The normalized spacial score (nSPS) is 16.8. The Bertz CT molecular complexity index is 898. The molecular formula is C24H27NO3. The van der Waals surface area contributed by atoms with Gasteiger partial charge in [0.15, 0.2) is 11.5 Å². The van der Waals surface area contributed by atoms with E-state index < -0.39 is 0 Å². The molecular weight excluding hydrogens is 350 g/mol. The molecule has 4 heteroatoms. The third-order valence-corrected chi connectivity index (χ3v) is 5.27. The minimum atomic E-state index is -0.382. The largest absolute Gasteiger partial charge is 0.492 e. The quantitative estimate of drug-likeness (QED) is 0.725. The number of amides is 1. The van der Waals surface area contributed by atoms with Crippen molar-refractivity contribution in [2.24, 2.45) is 5.92 Å². The molecule has 1 aliphatic carbocycles. The molecule has 0 saturated heterocycles. The number of nitrogens with zero attached hydrogens (tertiary/aromatic N) is 1. The number of rotatable bonds is 6. The Kier molecular flexibility index (Phi) is 4.88. The van der Waals surface area contributed by atoms with Crippen LogP contribution in [0.5, 0.6) is 11.5 Å². The molecule has 0 unspecified atom stereocenters. The van der Waals surface area contributed by atoms with Crippen LogP contribution in [0, 0.1) is 5.92 Å². The monoisotopic (exact) mass is 377 g/mol. The van der Waals surface area contributed by atoms with Gasteiger partial charge in [0.1, 0.15) is 5.60 Å². The molecule has 2 aromatic rings. The molecule has 0 bridgehead atoms. The average molecular weight is 377 g/mol. The standard InChI is InChI=1S/C24H27NO3/c1-24(2)14-13-18-9-12-20(21(27-3)22(18)28-24)16-25(23(26)19-10-11-19)15-17-7-5-4-6-8-17/h4-9,12-14,19H,10-11,15-16H2,1-3H3. The van der Waals surface area contributed by atoms with E-state index in [0.717, 1.165) is 41.0 Å². The lowest BCUT2D eigenvalue weighted by Crippen LogP contribution is -2.32. The van der Waals surface area contributed by atoms with Crippen LogP contribution in [0.15, 0.2) is 48.5 Å². The van der Waals surface area contributed by atoms with Gasteiger partial charge in [0.25, 0.3) is 0 Å². The summed E-state index contributed by atoms with van der Waals surface area (Å²) in [6, 6.07) is 14.2. The predicted octanol–water partition coefficient (Wildman–Crippen LogP) is 4.82. The van der Waals surface area contributed by atoms with E-state index in [9.17, 15) is 4.79 Å². The molecule has 0 atom stereocenters. The van der Waals surface area contributed by atoms with E-state index >= 15 is 0 Å². The van der Waals surface area contributed by atoms with Crippen molar-refractivity contribution in [2.75, 3.05) is 7.11 Å². The number of benzene rings is 2. The molecule has 4 rings (SSSR count). The summed E-state index contributed by atoms with van der Waals surface area (Å²) in [4.78, 5) is 14.9. The molecule has 2 aliphatic rings. The van der Waals surface area contributed by atoms with Crippen molar-refractivity contribution < 1.29 is 14.3 Å². The lowest BCUT2D eigenvalue weighted by molar-refractivity contribution is -0.133. The number of hydrogen-bond donors (Lipinski definition) is 0. The molecule has 1 aliphatic heterocycles. The summed E-state index contributed by atoms with van der Waals surface area (Å²) in [7, 11) is 1.66. The number of fused-ring (bicyclic) bond motifs is 1. The summed E-state index contributed by atoms with van der Waals surface area (Å²) in [6.45, 7) is 5.16. The van der Waals surface area contributed by atoms with Crippen molar-refractivity contribution in [3.63, 3.8) is 0 Å². The summed E-state index contributed by atoms with van der Waals surface area (Å²) in [5.41, 5.74) is 2.72. The topological polar surface area (TPSA) is 38.8 Å². The Balaban J connectivity index is 1.65. The van der Waals surface area contributed by atoms with Gasteiger partial charge in [-0.2, -0.15) is 0 Å². The number of carbonyl (C=O) groups excluding carboxylic acids is 1. The van der Waals surface area contributed by atoms with Gasteiger partial charge in [-0.05, 0) is 38.3 Å². The molecule has 0 spiro atoms. The Morgan fingerprint density at radius 1 is 1.14 bits per heavy atom. The van der Waals surface area contributed by atoms with Gasteiger partial charge < -0.3 is 14.4 Å². The molecule has 1 amide bonds. The van der Waals surface area contributed by atoms with Crippen molar-refractivity contribution in [2.45, 2.75) is 45.4 Å². The fourth-order valence-corrected chi connectivity index (χ4v) is 3.60. The van der Waals surface area contributed by atoms with Crippen LogP contribution in [0.3, 0.4) is 0 Å². The molecule has 2 aromatic carbocycles. The SMILES string of the molecule is COc1c(CN(Cc2ccccc2)C(=O)C2CC2)ccc2c1OC(C)(C)C=C2. The molecule has 146 valence electrons. The van der Waals surface area contributed by atoms with Crippen molar-refractivity contribution in [1.29, 1.82) is 0 Å². The van der Waals surface area contributed by atoms with Crippen molar-refractivity contribution in [3.05, 3.63) is 65.2 Å². The fourth-order valence-electron chi connectivity index (χ4n) is 3.60. The summed E-state index contributed by atoms with van der Waals surface area (Å²) in [5.74, 6) is 1.87. The second-order valence-corrected chi connectivity index (χ2v) is 8.17. The van der Waals surface area contributed by atoms with Gasteiger partial charge in [0.05, 0.1) is 7.11 Å². The van der Waals surface area contributed by atoms with Crippen molar-refractivity contribution in [1.82, 2.24) is 4.90 Å². The Morgan fingerprint density at radius 3 is 2.57 bits per heavy atom. The smallest absolute Gasteiger partial charge is 0.226 e. The predicted molar refractivity (Wildman–Crippen MR) is 110 cm³/mol. The van der Waals surface area contributed by atoms with Gasteiger partial charge in [-0.1, -0.05) is 48.5 Å². The lowest BCUT2D eigenvalue weighted by Gasteiger charge is -2.31. The zero-order valence-corrected chi connectivity index (χ0v) is 16.8. The highest BCUT2D eigenvalue weighted by Crippen LogP contribution is 2.42. The minimum absolute atomic E-state index is 0.172. The Labute approximate surface area is 166 Å². The van der Waals surface area contributed by atoms with Crippen LogP contribution in [-0.4, -0.2) is 23.5 Å². The maximum Gasteiger partial charge on any atom is 0.226 e. The van der Waals surface area contributed by atoms with Crippen LogP contribution in [0.4, 0.5) is 0 Å². The number of carbonyl (C=O) groups is 1. The molecule has 0 N–H and O–H groups in total. The van der Waals surface area contributed by atoms with Gasteiger partial charge in [-0.3, -0.25) is 4.79 Å². The molecule has 1 fully saturated rings. The van der Waals surface area contributed by atoms with Crippen molar-refractivity contribution >= 4 is 12.0 Å². The third kappa shape index (κ3) is 3.91. The maximum absolute atomic E-state index is 12.9. The summed E-state index contributed by atoms with van der Waals surface area (Å²) < 4.78 is 11.9. The third-order valence-electron chi connectivity index (χ3n) is 5.27. The first kappa shape index (κ1) is 18.6. The van der Waals surface area contributed by atoms with E-state index in [-0.39, 0.29) is 17.4 Å². The molecule has 0 aromatic heterocycles. The number of methoxy groups -OCH3 is 1. The van der Waals surface area contributed by atoms with Gasteiger partial charge >= 0.3 is 0 Å². The summed E-state index contributed by atoms with van der Waals surface area (Å²) in [5, 5.41) is 0. The highest BCUT2D eigenvalue weighted by molar-refractivity contribution is 5.81. The van der Waals surface area contributed by atoms with Crippen LogP contribution in [-0.2, 0) is 17.9 Å². The average Bonchev–Trinajstić information content (AvgIpc) is 3.52. The molecule has 1 heterocycles. The van der Waals surface area contributed by atoms with E-state index in [1.54, 1.807) is 7.11 Å². The molecule has 0 radical (unpaired) electrons. The van der Waals surface area contributed by atoms with E-state index in [1.807, 2.05) is 55.2 Å². The summed E-state index contributed by atoms with van der Waals surface area (Å²) >= 11 is 0. The van der Waals surface area contributed by atoms with Gasteiger partial charge in [-0.15, -0.1) is 0 Å². The first-order valence-corrected chi connectivity index (χ1v) is 9.88. The first-order valence-electron chi connectivity index (χ1n) is 9.88. The van der Waals surface area contributed by atoms with Crippen LogP contribution in [0.25, 0.3) is 6.08 Å². The molecule has 28 heavy (non-hydrogen) atoms. The fraction of sp³-hybridized carbons (Fsp3) is 0.375. The van der Waals surface area contributed by atoms with E-state index in [4.69, 9.17) is 9.47 Å². The van der Waals surface area contributed by atoms with E-state index in [2.05, 4.69) is 18.2 Å². The molecule has 4 nitrogen and oxygen atoms in total.